The summed E-state index contributed by atoms with van der Waals surface area (Å²) in [5.74, 6) is 0. The highest BCUT2D eigenvalue weighted by Crippen LogP contribution is 1.94. The molecule has 0 bridgehead atoms. The maximum Gasteiger partial charge on any atom is 0.250 e. The molecule has 0 aliphatic carbocycles. The van der Waals surface area contributed by atoms with Gasteiger partial charge in [-0.15, -0.1) is 0 Å². The van der Waals surface area contributed by atoms with E-state index in [9.17, 15) is 8.78 Å². The van der Waals surface area contributed by atoms with Crippen molar-refractivity contribution in [2.24, 2.45) is 7.05 Å². The average Bonchev–Trinajstić information content (AvgIpc) is 2.35. The van der Waals surface area contributed by atoms with Crippen molar-refractivity contribution >= 4 is 0 Å². The average molecular weight is 175 g/mol. The molecule has 0 aliphatic rings. The van der Waals surface area contributed by atoms with Gasteiger partial charge in [-0.25, -0.2) is 13.8 Å². The molecule has 0 aliphatic heterocycles. The Kier molecular flexibility index (Phi) is 3.16. The van der Waals surface area contributed by atoms with E-state index in [-0.39, 0.29) is 6.54 Å². The molecule has 5 heteroatoms. The van der Waals surface area contributed by atoms with E-state index in [2.05, 4.69) is 10.3 Å². The van der Waals surface area contributed by atoms with Crippen molar-refractivity contribution in [2.45, 2.75) is 13.0 Å². The topological polar surface area (TPSA) is 29.9 Å². The monoisotopic (exact) mass is 175 g/mol. The zero-order valence-corrected chi connectivity index (χ0v) is 6.80. The fourth-order valence-electron chi connectivity index (χ4n) is 0.868. The minimum Gasteiger partial charge on any atom is -0.340 e. The highest BCUT2D eigenvalue weighted by atomic mass is 19.3. The van der Waals surface area contributed by atoms with Gasteiger partial charge in [0.05, 0.1) is 18.6 Å². The molecule has 0 fully saturated rings. The zero-order valence-electron chi connectivity index (χ0n) is 6.80. The van der Waals surface area contributed by atoms with E-state index in [0.717, 1.165) is 5.69 Å². The van der Waals surface area contributed by atoms with Crippen LogP contribution in [0.5, 0.6) is 0 Å². The summed E-state index contributed by atoms with van der Waals surface area (Å²) >= 11 is 0. The molecule has 3 nitrogen and oxygen atoms in total. The fraction of sp³-hybridized carbons (Fsp3) is 0.571. The molecule has 1 aromatic heterocycles. The summed E-state index contributed by atoms with van der Waals surface area (Å²) in [6.07, 6.45) is 1.13. The number of alkyl halides is 2. The molecule has 0 saturated carbocycles. The van der Waals surface area contributed by atoms with Crippen molar-refractivity contribution in [1.82, 2.24) is 14.9 Å². The van der Waals surface area contributed by atoms with E-state index in [4.69, 9.17) is 0 Å². The number of imidazole rings is 1. The lowest BCUT2D eigenvalue weighted by atomic mass is 10.4. The summed E-state index contributed by atoms with van der Waals surface area (Å²) in [4.78, 5) is 3.97. The molecule has 12 heavy (non-hydrogen) atoms. The van der Waals surface area contributed by atoms with E-state index >= 15 is 0 Å². The first-order valence-electron chi connectivity index (χ1n) is 3.64. The number of aryl methyl sites for hydroxylation is 1. The number of hydrogen-bond donors (Lipinski definition) is 1. The van der Waals surface area contributed by atoms with Gasteiger partial charge >= 0.3 is 0 Å². The van der Waals surface area contributed by atoms with Gasteiger partial charge in [0, 0.05) is 19.8 Å². The molecule has 0 saturated heterocycles. The molecule has 1 heterocycles. The fourth-order valence-corrected chi connectivity index (χ4v) is 0.868. The van der Waals surface area contributed by atoms with Gasteiger partial charge in [0.15, 0.2) is 0 Å². The Bertz CT molecular complexity index is 234. The van der Waals surface area contributed by atoms with Crippen LogP contribution in [-0.2, 0) is 13.6 Å². The summed E-state index contributed by atoms with van der Waals surface area (Å²) in [5, 5.41) is 2.59. The van der Waals surface area contributed by atoms with Gasteiger partial charge in [0.2, 0.25) is 0 Å². The van der Waals surface area contributed by atoms with Gasteiger partial charge in [-0.3, -0.25) is 0 Å². The SMILES string of the molecule is Cn1cnc(CNCC(F)F)c1. The summed E-state index contributed by atoms with van der Waals surface area (Å²) in [7, 11) is 1.84. The minimum atomic E-state index is -2.30. The van der Waals surface area contributed by atoms with Gasteiger partial charge in [-0.1, -0.05) is 0 Å². The van der Waals surface area contributed by atoms with Gasteiger partial charge in [0.1, 0.15) is 0 Å². The van der Waals surface area contributed by atoms with Gasteiger partial charge < -0.3 is 9.88 Å². The van der Waals surface area contributed by atoms with Crippen LogP contribution in [0.15, 0.2) is 12.5 Å². The Hall–Kier alpha value is -0.970. The second-order valence-corrected chi connectivity index (χ2v) is 2.55. The number of rotatable bonds is 4. The third-order valence-electron chi connectivity index (χ3n) is 1.36. The molecule has 0 atom stereocenters. The van der Waals surface area contributed by atoms with Crippen molar-refractivity contribution in [3.63, 3.8) is 0 Å². The van der Waals surface area contributed by atoms with Crippen molar-refractivity contribution < 1.29 is 8.78 Å². The summed E-state index contributed by atoms with van der Waals surface area (Å²) in [6, 6.07) is 0. The standard InChI is InChI=1S/C7H11F2N3/c1-12-4-6(11-5-12)2-10-3-7(8)9/h4-5,7,10H,2-3H2,1H3. The van der Waals surface area contributed by atoms with Crippen LogP contribution in [0.1, 0.15) is 5.69 Å². The Morgan fingerprint density at radius 1 is 1.67 bits per heavy atom. The van der Waals surface area contributed by atoms with Crippen molar-refractivity contribution in [2.75, 3.05) is 6.54 Å². The van der Waals surface area contributed by atoms with Crippen LogP contribution < -0.4 is 5.32 Å². The van der Waals surface area contributed by atoms with E-state index in [1.54, 1.807) is 17.1 Å². The predicted octanol–water partition coefficient (Wildman–Crippen LogP) is 0.775. The van der Waals surface area contributed by atoms with Gasteiger partial charge in [-0.05, 0) is 0 Å². The molecule has 1 N–H and O–H groups in total. The molecule has 0 unspecified atom stereocenters. The number of nitrogens with one attached hydrogen (secondary N) is 1. The molecule has 1 rings (SSSR count). The van der Waals surface area contributed by atoms with Crippen LogP contribution >= 0.6 is 0 Å². The van der Waals surface area contributed by atoms with Crippen LogP contribution in [0.25, 0.3) is 0 Å². The van der Waals surface area contributed by atoms with E-state index < -0.39 is 6.43 Å². The maximum atomic E-state index is 11.7. The summed E-state index contributed by atoms with van der Waals surface area (Å²) in [6.45, 7) is 0.113. The molecule has 1 aromatic rings. The Labute approximate surface area is 69.4 Å². The molecule has 0 amide bonds. The lowest BCUT2D eigenvalue weighted by molar-refractivity contribution is 0.145. The van der Waals surface area contributed by atoms with Crippen LogP contribution in [0.2, 0.25) is 0 Å². The second kappa shape index (κ2) is 4.15. The molecular weight excluding hydrogens is 164 g/mol. The van der Waals surface area contributed by atoms with Crippen LogP contribution in [-0.4, -0.2) is 22.5 Å². The summed E-state index contributed by atoms with van der Waals surface area (Å²) in [5.41, 5.74) is 0.776. The van der Waals surface area contributed by atoms with Crippen LogP contribution in [0.4, 0.5) is 8.78 Å². The molecule has 0 radical (unpaired) electrons. The molecule has 0 spiro atoms. The van der Waals surface area contributed by atoms with E-state index in [1.807, 2.05) is 7.05 Å². The van der Waals surface area contributed by atoms with Crippen molar-refractivity contribution in [3.05, 3.63) is 18.2 Å². The first kappa shape index (κ1) is 9.12. The molecule has 0 aromatic carbocycles. The van der Waals surface area contributed by atoms with Crippen LogP contribution in [0, 0.1) is 0 Å². The predicted molar refractivity (Wildman–Crippen MR) is 40.9 cm³/mol. The number of halogens is 2. The Morgan fingerprint density at radius 3 is 2.92 bits per heavy atom. The third kappa shape index (κ3) is 2.96. The highest BCUT2D eigenvalue weighted by Gasteiger charge is 2.01. The number of hydrogen-bond acceptors (Lipinski definition) is 2. The van der Waals surface area contributed by atoms with Crippen molar-refractivity contribution in [1.29, 1.82) is 0 Å². The quantitative estimate of drug-likeness (QED) is 0.732. The molecular formula is C7H11F2N3. The zero-order chi connectivity index (χ0) is 8.97. The smallest absolute Gasteiger partial charge is 0.250 e. The lowest BCUT2D eigenvalue weighted by Crippen LogP contribution is -2.20. The lowest BCUT2D eigenvalue weighted by Gasteiger charge is -1.99. The van der Waals surface area contributed by atoms with E-state index in [0.29, 0.717) is 6.54 Å². The second-order valence-electron chi connectivity index (χ2n) is 2.55. The summed E-state index contributed by atoms with van der Waals surface area (Å²) < 4.78 is 25.1. The Morgan fingerprint density at radius 2 is 2.42 bits per heavy atom. The highest BCUT2D eigenvalue weighted by molar-refractivity contribution is 4.95. The molecule has 68 valence electrons. The first-order valence-corrected chi connectivity index (χ1v) is 3.64. The third-order valence-corrected chi connectivity index (χ3v) is 1.36. The van der Waals surface area contributed by atoms with Crippen LogP contribution in [0.3, 0.4) is 0 Å². The largest absolute Gasteiger partial charge is 0.340 e. The Balaban J connectivity index is 2.24. The number of aromatic nitrogens is 2. The maximum absolute atomic E-state index is 11.7. The first-order chi connectivity index (χ1) is 5.68. The van der Waals surface area contributed by atoms with Crippen molar-refractivity contribution in [3.8, 4) is 0 Å². The van der Waals surface area contributed by atoms with E-state index in [1.165, 1.54) is 0 Å². The van der Waals surface area contributed by atoms with Gasteiger partial charge in [0.25, 0.3) is 6.43 Å². The number of nitrogens with zero attached hydrogens (tertiary/aromatic N) is 2. The normalized spacial score (nSPS) is 11.0. The van der Waals surface area contributed by atoms with Gasteiger partial charge in [-0.2, -0.15) is 0 Å². The minimum absolute atomic E-state index is 0.281.